The van der Waals surface area contributed by atoms with E-state index in [0.717, 1.165) is 21.4 Å². The van der Waals surface area contributed by atoms with Gasteiger partial charge >= 0.3 is 7.12 Å². The number of hydrogen-bond donors (Lipinski definition) is 0. The number of rotatable bonds is 1. The minimum atomic E-state index is -1.88. The van der Waals surface area contributed by atoms with Crippen molar-refractivity contribution in [2.45, 2.75) is 52.0 Å². The topological polar surface area (TPSA) is 27.7 Å². The third kappa shape index (κ3) is 2.70. The monoisotopic (exact) mass is 430 g/mol. The highest BCUT2D eigenvalue weighted by Crippen LogP contribution is 2.37. The van der Waals surface area contributed by atoms with E-state index in [1.165, 1.54) is 10.4 Å². The van der Waals surface area contributed by atoms with Gasteiger partial charge in [0.25, 0.3) is 0 Å². The Hall–Kier alpha value is -1.08. The normalized spacial score (nSPS) is 21.7. The average Bonchev–Trinajstić information content (AvgIpc) is 2.76. The zero-order valence-corrected chi connectivity index (χ0v) is 18.7. The quantitative estimate of drug-likeness (QED) is 0.646. The molecule has 4 rings (SSSR count). The summed E-state index contributed by atoms with van der Waals surface area (Å²) in [5, 5.41) is 2.60. The molecule has 2 aromatic carbocycles. The molecule has 0 aromatic heterocycles. The molecular weight excluding hydrogens is 407 g/mol. The van der Waals surface area contributed by atoms with Gasteiger partial charge in [-0.25, -0.2) is 0 Å². The maximum Gasteiger partial charge on any atom is 0.494 e. The van der Waals surface area contributed by atoms with Gasteiger partial charge in [-0.2, -0.15) is 0 Å². The molecule has 0 aliphatic carbocycles. The number of fused-ring (bicyclic) bond motifs is 2. The van der Waals surface area contributed by atoms with E-state index in [-0.39, 0.29) is 18.3 Å². The van der Waals surface area contributed by atoms with Crippen LogP contribution in [0, 0.1) is 0 Å². The Kier molecular flexibility index (Phi) is 4.02. The minimum Gasteiger partial charge on any atom is -0.458 e. The molecule has 1 saturated heterocycles. The lowest BCUT2D eigenvalue weighted by molar-refractivity contribution is 0.00578. The first-order valence-corrected chi connectivity index (χ1v) is 12.8. The van der Waals surface area contributed by atoms with Crippen LogP contribution in [0.2, 0.25) is 13.1 Å². The zero-order valence-electron chi connectivity index (χ0n) is 16.1. The summed E-state index contributed by atoms with van der Waals surface area (Å²) >= 11 is 3.60. The van der Waals surface area contributed by atoms with Crippen LogP contribution in [-0.4, -0.2) is 26.4 Å². The Morgan fingerprint density at radius 3 is 2.00 bits per heavy atom. The van der Waals surface area contributed by atoms with Gasteiger partial charge in [0, 0.05) is 4.47 Å². The molecule has 0 saturated carbocycles. The van der Waals surface area contributed by atoms with Gasteiger partial charge in [0.1, 0.15) is 19.6 Å². The largest absolute Gasteiger partial charge is 0.494 e. The Bertz CT molecular complexity index is 879. The summed E-state index contributed by atoms with van der Waals surface area (Å²) in [6, 6.07) is 12.6. The highest BCUT2D eigenvalue weighted by molar-refractivity contribution is 9.10. The molecule has 2 heterocycles. The summed E-state index contributed by atoms with van der Waals surface area (Å²) < 4.78 is 19.8. The lowest BCUT2D eigenvalue weighted by Crippen LogP contribution is -2.57. The van der Waals surface area contributed by atoms with Crippen molar-refractivity contribution in [1.29, 1.82) is 0 Å². The van der Waals surface area contributed by atoms with Gasteiger partial charge in [0.15, 0.2) is 0 Å². The highest BCUT2D eigenvalue weighted by atomic mass is 79.9. The van der Waals surface area contributed by atoms with Crippen molar-refractivity contribution in [3.05, 3.63) is 40.9 Å². The molecule has 136 valence electrons. The fourth-order valence-corrected chi connectivity index (χ4v) is 7.00. The molecule has 3 nitrogen and oxygen atoms in total. The minimum absolute atomic E-state index is 0.339. The van der Waals surface area contributed by atoms with Crippen LogP contribution >= 0.6 is 15.9 Å². The standard InChI is InChI=1S/C20H24BBrO3Si/c1-19(2)20(3,4)25-21(24-19)13-7-9-15-17(11-13)26(5,6)18-12-14(22)8-10-16(18)23-15/h7-12H,1-6H3. The van der Waals surface area contributed by atoms with Crippen molar-refractivity contribution in [2.24, 2.45) is 0 Å². The molecule has 2 aliphatic rings. The van der Waals surface area contributed by atoms with E-state index in [1.54, 1.807) is 0 Å². The van der Waals surface area contributed by atoms with Gasteiger partial charge in [-0.05, 0) is 67.8 Å². The number of benzene rings is 2. The molecule has 1 fully saturated rings. The first-order chi connectivity index (χ1) is 12.0. The summed E-state index contributed by atoms with van der Waals surface area (Å²) in [5.41, 5.74) is 0.383. The molecule has 0 unspecified atom stereocenters. The van der Waals surface area contributed by atoms with Crippen molar-refractivity contribution in [2.75, 3.05) is 0 Å². The van der Waals surface area contributed by atoms with Gasteiger partial charge in [0.05, 0.1) is 11.2 Å². The maximum atomic E-state index is 6.24. The molecule has 26 heavy (non-hydrogen) atoms. The summed E-state index contributed by atoms with van der Waals surface area (Å²) in [6.45, 7) is 13.1. The van der Waals surface area contributed by atoms with Crippen LogP contribution in [0.3, 0.4) is 0 Å². The number of hydrogen-bond acceptors (Lipinski definition) is 3. The van der Waals surface area contributed by atoms with Crippen LogP contribution in [0.1, 0.15) is 27.7 Å². The lowest BCUT2D eigenvalue weighted by atomic mass is 9.79. The van der Waals surface area contributed by atoms with E-state index in [9.17, 15) is 0 Å². The molecule has 0 radical (unpaired) electrons. The average molecular weight is 431 g/mol. The SMILES string of the molecule is CC1(C)OB(c2ccc3c(c2)[Si](C)(C)c2cc(Br)ccc2O3)OC1(C)C. The molecule has 6 heteroatoms. The second-order valence-corrected chi connectivity index (χ2v) is 14.0. The molecule has 0 amide bonds. The molecule has 2 aromatic rings. The number of ether oxygens (including phenoxy) is 1. The van der Waals surface area contributed by atoms with Gasteiger partial charge < -0.3 is 14.0 Å². The zero-order chi connectivity index (χ0) is 18.9. The van der Waals surface area contributed by atoms with Crippen LogP contribution in [0.25, 0.3) is 0 Å². The highest BCUT2D eigenvalue weighted by Gasteiger charge is 2.52. The third-order valence-electron chi connectivity index (χ3n) is 6.04. The second-order valence-electron chi connectivity index (χ2n) is 8.71. The van der Waals surface area contributed by atoms with Gasteiger partial charge in [-0.1, -0.05) is 41.2 Å². The van der Waals surface area contributed by atoms with E-state index < -0.39 is 8.07 Å². The Labute approximate surface area is 165 Å². The Morgan fingerprint density at radius 2 is 1.38 bits per heavy atom. The lowest BCUT2D eigenvalue weighted by Gasteiger charge is -2.33. The van der Waals surface area contributed by atoms with Gasteiger partial charge in [-0.3, -0.25) is 0 Å². The van der Waals surface area contributed by atoms with E-state index >= 15 is 0 Å². The van der Waals surface area contributed by atoms with Crippen LogP contribution < -0.4 is 20.6 Å². The molecule has 0 N–H and O–H groups in total. The Balaban J connectivity index is 1.76. The van der Waals surface area contributed by atoms with Crippen molar-refractivity contribution in [3.8, 4) is 11.5 Å². The van der Waals surface area contributed by atoms with E-state index in [2.05, 4.69) is 87.1 Å². The molecule has 0 atom stereocenters. The first kappa shape index (κ1) is 18.3. The Morgan fingerprint density at radius 1 is 0.846 bits per heavy atom. The van der Waals surface area contributed by atoms with E-state index in [1.807, 2.05) is 6.07 Å². The smallest absolute Gasteiger partial charge is 0.458 e. The van der Waals surface area contributed by atoms with Crippen molar-refractivity contribution >= 4 is 47.0 Å². The van der Waals surface area contributed by atoms with Crippen LogP contribution in [0.15, 0.2) is 40.9 Å². The molecule has 0 bridgehead atoms. The molecule has 0 spiro atoms. The second kappa shape index (κ2) is 5.71. The van der Waals surface area contributed by atoms with Gasteiger partial charge in [0.2, 0.25) is 0 Å². The molecule has 2 aliphatic heterocycles. The summed E-state index contributed by atoms with van der Waals surface area (Å²) in [4.78, 5) is 0. The van der Waals surface area contributed by atoms with Crippen LogP contribution in [0.5, 0.6) is 11.5 Å². The number of halogens is 1. The van der Waals surface area contributed by atoms with Crippen molar-refractivity contribution < 1.29 is 14.0 Å². The van der Waals surface area contributed by atoms with Crippen LogP contribution in [0.4, 0.5) is 0 Å². The summed E-state index contributed by atoms with van der Waals surface area (Å²) in [5.74, 6) is 1.93. The first-order valence-electron chi connectivity index (χ1n) is 8.99. The predicted octanol–water partition coefficient (Wildman–Crippen LogP) is 3.68. The van der Waals surface area contributed by atoms with Crippen LogP contribution in [-0.2, 0) is 9.31 Å². The van der Waals surface area contributed by atoms with E-state index in [4.69, 9.17) is 14.0 Å². The third-order valence-corrected chi connectivity index (χ3v) is 10.0. The van der Waals surface area contributed by atoms with Crippen molar-refractivity contribution in [1.82, 2.24) is 0 Å². The predicted molar refractivity (Wildman–Crippen MR) is 113 cm³/mol. The van der Waals surface area contributed by atoms with Gasteiger partial charge in [-0.15, -0.1) is 0 Å². The fraction of sp³-hybridized carbons (Fsp3) is 0.400. The summed E-state index contributed by atoms with van der Waals surface area (Å²) in [7, 11) is -2.23. The van der Waals surface area contributed by atoms with E-state index in [0.29, 0.717) is 0 Å². The van der Waals surface area contributed by atoms with Crippen molar-refractivity contribution in [3.63, 3.8) is 0 Å². The fourth-order valence-electron chi connectivity index (χ4n) is 3.59. The molecular formula is C20H24BBrO3Si. The summed E-state index contributed by atoms with van der Waals surface area (Å²) in [6.07, 6.45) is 0. The maximum absolute atomic E-state index is 6.24.